The van der Waals surface area contributed by atoms with Gasteiger partial charge in [0.1, 0.15) is 12.6 Å². The first-order valence-electron chi connectivity index (χ1n) is 27.3. The summed E-state index contributed by atoms with van der Waals surface area (Å²) in [6.07, 6.45) is 61.7. The Bertz CT molecular complexity index is 1380. The van der Waals surface area contributed by atoms with Gasteiger partial charge in [0.15, 0.2) is 6.10 Å². The van der Waals surface area contributed by atoms with Crippen LogP contribution in [0.1, 0.15) is 245 Å². The Morgan fingerprint density at radius 2 is 0.779 bits per heavy atom. The van der Waals surface area contributed by atoms with Gasteiger partial charge in [-0.3, -0.25) is 23.4 Å². The van der Waals surface area contributed by atoms with Crippen molar-refractivity contribution in [3.8, 4) is 0 Å². The van der Waals surface area contributed by atoms with Crippen LogP contribution in [0.15, 0.2) is 60.8 Å². The van der Waals surface area contributed by atoms with E-state index in [2.05, 4.69) is 73.1 Å². The van der Waals surface area contributed by atoms with Crippen molar-refractivity contribution in [1.29, 1.82) is 0 Å². The summed E-state index contributed by atoms with van der Waals surface area (Å²) in [6, 6.07) is -1.54. The van der Waals surface area contributed by atoms with E-state index >= 15 is 0 Å². The van der Waals surface area contributed by atoms with Crippen LogP contribution in [-0.4, -0.2) is 59.9 Å². The van der Waals surface area contributed by atoms with E-state index in [1.54, 1.807) is 0 Å². The molecule has 0 aromatic rings. The molecule has 68 heavy (non-hydrogen) atoms. The molecule has 4 N–H and O–H groups in total. The lowest BCUT2D eigenvalue weighted by molar-refractivity contribution is -0.161. The van der Waals surface area contributed by atoms with Crippen LogP contribution in [0.3, 0.4) is 0 Å². The third-order valence-electron chi connectivity index (χ3n) is 11.7. The maximum Gasteiger partial charge on any atom is 0.472 e. The van der Waals surface area contributed by atoms with Crippen LogP contribution in [0.5, 0.6) is 0 Å². The third-order valence-corrected chi connectivity index (χ3v) is 12.7. The summed E-state index contributed by atoms with van der Waals surface area (Å²) < 4.78 is 32.8. The van der Waals surface area contributed by atoms with Crippen LogP contribution in [0.25, 0.3) is 0 Å². The molecule has 0 amide bonds. The number of carbonyl (C=O) groups is 3. The summed E-state index contributed by atoms with van der Waals surface area (Å²) >= 11 is 0. The number of carboxylic acid groups (broad SMARTS) is 1. The van der Waals surface area contributed by atoms with Crippen molar-refractivity contribution in [2.45, 2.75) is 257 Å². The molecule has 394 valence electrons. The van der Waals surface area contributed by atoms with E-state index in [0.29, 0.717) is 25.7 Å². The first-order chi connectivity index (χ1) is 33.1. The lowest BCUT2D eigenvalue weighted by atomic mass is 10.0. The largest absolute Gasteiger partial charge is 0.480 e. The van der Waals surface area contributed by atoms with Crippen LogP contribution < -0.4 is 5.73 Å². The van der Waals surface area contributed by atoms with Gasteiger partial charge in [-0.05, 0) is 70.6 Å². The van der Waals surface area contributed by atoms with Crippen LogP contribution in [0.4, 0.5) is 0 Å². The summed E-state index contributed by atoms with van der Waals surface area (Å²) in [5.74, 6) is -2.48. The van der Waals surface area contributed by atoms with Crippen LogP contribution in [0, 0.1) is 0 Å². The number of nitrogens with two attached hydrogens (primary N) is 1. The second kappa shape index (κ2) is 50.6. The molecule has 0 aromatic heterocycles. The summed E-state index contributed by atoms with van der Waals surface area (Å²) in [4.78, 5) is 46.2. The van der Waals surface area contributed by atoms with Gasteiger partial charge >= 0.3 is 25.7 Å². The minimum atomic E-state index is -4.75. The first-order valence-corrected chi connectivity index (χ1v) is 28.8. The smallest absolute Gasteiger partial charge is 0.472 e. The number of rotatable bonds is 51. The molecule has 0 rings (SSSR count). The number of hydrogen-bond donors (Lipinski definition) is 3. The number of unbranched alkanes of at least 4 members (excludes halogenated alkanes) is 27. The van der Waals surface area contributed by atoms with Gasteiger partial charge in [-0.2, -0.15) is 0 Å². The van der Waals surface area contributed by atoms with Gasteiger partial charge in [0.25, 0.3) is 0 Å². The number of ether oxygens (including phenoxy) is 2. The number of phosphoric ester groups is 1. The monoisotopic (exact) mass is 978 g/mol. The number of esters is 2. The number of carbonyl (C=O) groups excluding carboxylic acids is 2. The molecular weight excluding hydrogens is 878 g/mol. The zero-order valence-electron chi connectivity index (χ0n) is 43.2. The van der Waals surface area contributed by atoms with Gasteiger partial charge in [-0.25, -0.2) is 4.57 Å². The highest BCUT2D eigenvalue weighted by Crippen LogP contribution is 2.43. The molecule has 0 aromatic carbocycles. The van der Waals surface area contributed by atoms with E-state index in [1.807, 2.05) is 6.08 Å². The highest BCUT2D eigenvalue weighted by atomic mass is 31.2. The van der Waals surface area contributed by atoms with E-state index in [4.69, 9.17) is 24.8 Å². The maximum absolute atomic E-state index is 12.7. The number of allylic oxidation sites excluding steroid dienone is 10. The van der Waals surface area contributed by atoms with E-state index in [0.717, 1.165) is 32.1 Å². The van der Waals surface area contributed by atoms with Gasteiger partial charge in [0.05, 0.1) is 13.2 Å². The number of carboxylic acids is 1. The van der Waals surface area contributed by atoms with Gasteiger partial charge < -0.3 is 25.2 Å². The molecule has 1 unspecified atom stereocenters. The van der Waals surface area contributed by atoms with E-state index < -0.39 is 51.1 Å². The average molecular weight is 978 g/mol. The lowest BCUT2D eigenvalue weighted by Gasteiger charge is -2.20. The first kappa shape index (κ1) is 65.2. The third kappa shape index (κ3) is 49.6. The predicted molar refractivity (Wildman–Crippen MR) is 281 cm³/mol. The minimum Gasteiger partial charge on any atom is -0.480 e. The van der Waals surface area contributed by atoms with Gasteiger partial charge in [-0.15, -0.1) is 0 Å². The van der Waals surface area contributed by atoms with Crippen molar-refractivity contribution in [2.75, 3.05) is 19.8 Å². The summed E-state index contributed by atoms with van der Waals surface area (Å²) in [5, 5.41) is 8.93. The molecule has 0 saturated heterocycles. The summed E-state index contributed by atoms with van der Waals surface area (Å²) in [6.45, 7) is 2.76. The predicted octanol–water partition coefficient (Wildman–Crippen LogP) is 15.9. The normalized spacial score (nSPS) is 13.9. The fourth-order valence-corrected chi connectivity index (χ4v) is 8.25. The Morgan fingerprint density at radius 1 is 0.456 bits per heavy atom. The zero-order valence-corrected chi connectivity index (χ0v) is 44.1. The fraction of sp³-hybridized carbons (Fsp3) is 0.768. The van der Waals surface area contributed by atoms with Crippen molar-refractivity contribution in [2.24, 2.45) is 5.73 Å². The fourth-order valence-electron chi connectivity index (χ4n) is 7.48. The standard InChI is InChI=1S/C56H100NO10P/c1-3-5-7-9-11-13-15-17-19-21-23-25-26-28-30-32-34-36-38-40-42-44-46-48-55(59)67-52(50-65-68(62,63)66-51-53(57)56(60)61)49-64-54(58)47-45-43-41-39-37-35-33-31-29-27-24-22-20-18-16-14-12-10-8-6-4-2/h20,22,27,29,33,35,39-42,52-53H,3-19,21,23-26,28,30-32,34,36-38,43-51,57H2,1-2H3,(H,60,61)(H,62,63)/b22-20+,29-27+,35-33+,41-39+,42-40+/t52-,53+/m1/s1. The Morgan fingerprint density at radius 3 is 1.18 bits per heavy atom. The van der Waals surface area contributed by atoms with Crippen LogP contribution in [0.2, 0.25) is 0 Å². The lowest BCUT2D eigenvalue weighted by Crippen LogP contribution is -2.34. The average Bonchev–Trinajstić information content (AvgIpc) is 3.32. The summed E-state index contributed by atoms with van der Waals surface area (Å²) in [5.41, 5.74) is 5.35. The van der Waals surface area contributed by atoms with Crippen molar-refractivity contribution < 1.29 is 47.5 Å². The van der Waals surface area contributed by atoms with E-state index in [-0.39, 0.29) is 19.4 Å². The molecule has 12 heteroatoms. The Balaban J connectivity index is 4.32. The molecule has 0 aliphatic carbocycles. The highest BCUT2D eigenvalue weighted by Gasteiger charge is 2.28. The molecule has 0 fully saturated rings. The zero-order chi connectivity index (χ0) is 49.9. The van der Waals surface area contributed by atoms with Crippen molar-refractivity contribution in [3.05, 3.63) is 60.8 Å². The van der Waals surface area contributed by atoms with Gasteiger partial charge in [0.2, 0.25) is 0 Å². The van der Waals surface area contributed by atoms with Crippen LogP contribution in [-0.2, 0) is 37.5 Å². The molecule has 0 spiro atoms. The number of phosphoric acid groups is 1. The molecule has 0 heterocycles. The Labute approximate surface area is 415 Å². The number of hydrogen-bond acceptors (Lipinski definition) is 9. The van der Waals surface area contributed by atoms with E-state index in [1.165, 1.54) is 161 Å². The van der Waals surface area contributed by atoms with Crippen LogP contribution >= 0.6 is 7.82 Å². The SMILES string of the molecule is CCCCCCCCC/C=C/C/C=C/C/C=C/C/C=C/CCCC(=O)OC[C@H](COP(=O)(O)OC[C@H](N)C(=O)O)OC(=O)CCC/C=C/CCCCCCCCCCCCCCCCCCCC. The second-order valence-corrected chi connectivity index (χ2v) is 19.8. The summed E-state index contributed by atoms with van der Waals surface area (Å²) in [7, 11) is -4.75. The Hall–Kier alpha value is -2.82. The maximum atomic E-state index is 12.7. The topological polar surface area (TPSA) is 172 Å². The minimum absolute atomic E-state index is 0.101. The molecule has 0 bridgehead atoms. The highest BCUT2D eigenvalue weighted by molar-refractivity contribution is 7.47. The molecular formula is C56H100NO10P. The second-order valence-electron chi connectivity index (χ2n) is 18.4. The number of aliphatic carboxylic acids is 1. The molecule has 0 aliphatic rings. The molecule has 0 radical (unpaired) electrons. The molecule has 0 saturated carbocycles. The van der Waals surface area contributed by atoms with Gasteiger partial charge in [-0.1, -0.05) is 222 Å². The Kier molecular flexibility index (Phi) is 48.5. The van der Waals surface area contributed by atoms with Gasteiger partial charge in [0, 0.05) is 12.8 Å². The van der Waals surface area contributed by atoms with E-state index in [9.17, 15) is 23.8 Å². The van der Waals surface area contributed by atoms with Crippen molar-refractivity contribution >= 4 is 25.7 Å². The molecule has 0 aliphatic heterocycles. The molecule has 3 atom stereocenters. The quantitative estimate of drug-likeness (QED) is 0.0229. The molecule has 11 nitrogen and oxygen atoms in total. The van der Waals surface area contributed by atoms with Crippen molar-refractivity contribution in [1.82, 2.24) is 0 Å². The van der Waals surface area contributed by atoms with Crippen molar-refractivity contribution in [3.63, 3.8) is 0 Å².